The number of aliphatic carboxylic acids is 1. The van der Waals surface area contributed by atoms with E-state index in [0.717, 1.165) is 42.5 Å². The number of methoxy groups -OCH3 is 1. The van der Waals surface area contributed by atoms with Crippen LogP contribution in [0.2, 0.25) is 0 Å². The van der Waals surface area contributed by atoms with Gasteiger partial charge in [0.1, 0.15) is 18.1 Å². The largest absolute Gasteiger partial charge is 0.496 e. The fourth-order valence-corrected chi connectivity index (χ4v) is 5.47. The van der Waals surface area contributed by atoms with Crippen molar-refractivity contribution in [3.63, 3.8) is 0 Å². The number of nitrogens with one attached hydrogen (secondary N) is 1. The summed E-state index contributed by atoms with van der Waals surface area (Å²) in [5.74, 6) is -0.0558. The monoisotopic (exact) mass is 547 g/mol. The van der Waals surface area contributed by atoms with Gasteiger partial charge in [-0.05, 0) is 48.4 Å². The lowest BCUT2D eigenvalue weighted by Gasteiger charge is -2.25. The quantitative estimate of drug-likeness (QED) is 0.279. The van der Waals surface area contributed by atoms with Gasteiger partial charge < -0.3 is 19.9 Å². The van der Waals surface area contributed by atoms with Gasteiger partial charge in [-0.25, -0.2) is 0 Å². The number of hydrogen-bond acceptors (Lipinski definition) is 5. The first-order valence-corrected chi connectivity index (χ1v) is 14.1. The third-order valence-corrected chi connectivity index (χ3v) is 7.21. The summed E-state index contributed by atoms with van der Waals surface area (Å²) < 4.78 is 14.0. The highest BCUT2D eigenvalue weighted by Crippen LogP contribution is 2.42. The van der Waals surface area contributed by atoms with Gasteiger partial charge in [-0.2, -0.15) is 5.10 Å². The number of carboxylic acid groups (broad SMARTS) is 1. The summed E-state index contributed by atoms with van der Waals surface area (Å²) in [5, 5.41) is 17.2. The number of amides is 1. The van der Waals surface area contributed by atoms with Crippen molar-refractivity contribution < 1.29 is 24.2 Å². The molecule has 0 aliphatic heterocycles. The lowest BCUT2D eigenvalue weighted by molar-refractivity contribution is -0.137. The second kappa shape index (κ2) is 13.0. The lowest BCUT2D eigenvalue weighted by Crippen LogP contribution is -2.39. The SMILES string of the molecule is COc1cccc(OCc2ccccc2)c1-c1cc(C(=O)N[C@H](CC(=O)O)CC(C)(C)C)nn1C1CCCCC1. The van der Waals surface area contributed by atoms with Crippen LogP contribution in [-0.4, -0.2) is 39.9 Å². The molecule has 1 saturated carbocycles. The first kappa shape index (κ1) is 29.2. The second-order valence-corrected chi connectivity index (χ2v) is 11.8. The second-order valence-electron chi connectivity index (χ2n) is 11.8. The van der Waals surface area contributed by atoms with Crippen molar-refractivity contribution in [2.45, 2.75) is 84.4 Å². The van der Waals surface area contributed by atoms with Crippen LogP contribution in [0.25, 0.3) is 11.3 Å². The Labute approximate surface area is 236 Å². The average Bonchev–Trinajstić information content (AvgIpc) is 3.36. The topological polar surface area (TPSA) is 103 Å². The van der Waals surface area contributed by atoms with Gasteiger partial charge in [0.2, 0.25) is 0 Å². The number of carbonyl (C=O) groups excluding carboxylic acids is 1. The molecule has 0 spiro atoms. The fourth-order valence-electron chi connectivity index (χ4n) is 5.47. The van der Waals surface area contributed by atoms with Gasteiger partial charge in [0.05, 0.1) is 30.8 Å². The minimum atomic E-state index is -0.947. The maximum absolute atomic E-state index is 13.5. The standard InChI is InChI=1S/C32H41N3O5/c1-32(2,3)20-23(18-29(36)37)33-31(38)25-19-26(35(34-25)24-14-9-6-10-15-24)30-27(39-4)16-11-17-28(30)40-21-22-12-7-5-8-13-22/h5,7-8,11-13,16-17,19,23-24H,6,9-10,14-15,18,20-21H2,1-4H3,(H,33,38)(H,36,37)/t23-/m1/s1. The van der Waals surface area contributed by atoms with E-state index in [-0.39, 0.29) is 29.5 Å². The van der Waals surface area contributed by atoms with Gasteiger partial charge in [0.15, 0.2) is 5.69 Å². The number of benzene rings is 2. The number of ether oxygens (including phenoxy) is 2. The van der Waals surface area contributed by atoms with E-state index in [0.29, 0.717) is 24.5 Å². The average molecular weight is 548 g/mol. The van der Waals surface area contributed by atoms with Crippen LogP contribution >= 0.6 is 0 Å². The molecular weight excluding hydrogens is 506 g/mol. The van der Waals surface area contributed by atoms with E-state index >= 15 is 0 Å². The zero-order chi connectivity index (χ0) is 28.7. The van der Waals surface area contributed by atoms with Gasteiger partial charge in [0.25, 0.3) is 5.91 Å². The molecule has 8 nitrogen and oxygen atoms in total. The molecule has 1 atom stereocenters. The predicted octanol–water partition coefficient (Wildman–Crippen LogP) is 6.65. The number of rotatable bonds is 11. The summed E-state index contributed by atoms with van der Waals surface area (Å²) in [6, 6.07) is 17.0. The van der Waals surface area contributed by atoms with E-state index in [1.807, 2.05) is 74.0 Å². The highest BCUT2D eigenvalue weighted by molar-refractivity contribution is 5.94. The lowest BCUT2D eigenvalue weighted by atomic mass is 9.87. The minimum Gasteiger partial charge on any atom is -0.496 e. The first-order chi connectivity index (χ1) is 19.1. The van der Waals surface area contributed by atoms with Crippen molar-refractivity contribution in [3.8, 4) is 22.8 Å². The number of carboxylic acids is 1. The molecule has 214 valence electrons. The Kier molecular flexibility index (Phi) is 9.50. The molecule has 1 aliphatic carbocycles. The third-order valence-electron chi connectivity index (χ3n) is 7.21. The van der Waals surface area contributed by atoms with Crippen molar-refractivity contribution in [3.05, 3.63) is 65.9 Å². The maximum atomic E-state index is 13.5. The zero-order valence-electron chi connectivity index (χ0n) is 24.0. The van der Waals surface area contributed by atoms with Crippen LogP contribution in [0.15, 0.2) is 54.6 Å². The van der Waals surface area contributed by atoms with E-state index in [1.165, 1.54) is 6.42 Å². The van der Waals surface area contributed by atoms with E-state index in [9.17, 15) is 14.7 Å². The van der Waals surface area contributed by atoms with Crippen LogP contribution in [0, 0.1) is 5.41 Å². The van der Waals surface area contributed by atoms with Gasteiger partial charge in [-0.15, -0.1) is 0 Å². The summed E-state index contributed by atoms with van der Waals surface area (Å²) >= 11 is 0. The Morgan fingerprint density at radius 1 is 1.05 bits per heavy atom. The van der Waals surface area contributed by atoms with Gasteiger partial charge in [0, 0.05) is 6.04 Å². The number of carbonyl (C=O) groups is 2. The van der Waals surface area contributed by atoms with Crippen LogP contribution in [0.5, 0.6) is 11.5 Å². The van der Waals surface area contributed by atoms with E-state index in [1.54, 1.807) is 13.2 Å². The van der Waals surface area contributed by atoms with Crippen LogP contribution in [0.3, 0.4) is 0 Å². The molecular formula is C32H41N3O5. The minimum absolute atomic E-state index is 0.140. The highest BCUT2D eigenvalue weighted by atomic mass is 16.5. The number of hydrogen-bond donors (Lipinski definition) is 2. The molecule has 1 fully saturated rings. The molecule has 40 heavy (non-hydrogen) atoms. The van der Waals surface area contributed by atoms with Gasteiger partial charge in [-0.1, -0.05) is 76.4 Å². The van der Waals surface area contributed by atoms with Crippen molar-refractivity contribution in [2.24, 2.45) is 5.41 Å². The smallest absolute Gasteiger partial charge is 0.305 e. The summed E-state index contributed by atoms with van der Waals surface area (Å²) in [7, 11) is 1.62. The molecule has 0 radical (unpaired) electrons. The Bertz CT molecular complexity index is 1290. The summed E-state index contributed by atoms with van der Waals surface area (Å²) in [6.07, 6.45) is 5.70. The van der Waals surface area contributed by atoms with Crippen molar-refractivity contribution >= 4 is 11.9 Å². The molecule has 1 heterocycles. The van der Waals surface area contributed by atoms with Crippen LogP contribution < -0.4 is 14.8 Å². The first-order valence-electron chi connectivity index (χ1n) is 14.1. The normalized spacial score (nSPS) is 14.9. The predicted molar refractivity (Wildman–Crippen MR) is 155 cm³/mol. The molecule has 1 aromatic heterocycles. The van der Waals surface area contributed by atoms with Crippen molar-refractivity contribution in [1.29, 1.82) is 0 Å². The Morgan fingerprint density at radius 2 is 1.75 bits per heavy atom. The van der Waals surface area contributed by atoms with Crippen LogP contribution in [0.4, 0.5) is 0 Å². The van der Waals surface area contributed by atoms with E-state index in [2.05, 4.69) is 5.32 Å². The van der Waals surface area contributed by atoms with E-state index < -0.39 is 12.0 Å². The molecule has 0 saturated heterocycles. The third kappa shape index (κ3) is 7.64. The molecule has 3 aromatic rings. The van der Waals surface area contributed by atoms with E-state index in [4.69, 9.17) is 14.6 Å². The molecule has 1 amide bonds. The molecule has 8 heteroatoms. The maximum Gasteiger partial charge on any atom is 0.305 e. The molecule has 2 aromatic carbocycles. The molecule has 0 bridgehead atoms. The summed E-state index contributed by atoms with van der Waals surface area (Å²) in [5.41, 5.74) is 2.64. The number of aromatic nitrogens is 2. The summed E-state index contributed by atoms with van der Waals surface area (Å²) in [4.78, 5) is 25.0. The Morgan fingerprint density at radius 3 is 2.40 bits per heavy atom. The highest BCUT2D eigenvalue weighted by Gasteiger charge is 2.29. The molecule has 1 aliphatic rings. The van der Waals surface area contributed by atoms with Gasteiger partial charge >= 0.3 is 5.97 Å². The molecule has 2 N–H and O–H groups in total. The van der Waals surface area contributed by atoms with Crippen LogP contribution in [0.1, 0.15) is 87.8 Å². The Balaban J connectivity index is 1.72. The zero-order valence-corrected chi connectivity index (χ0v) is 24.0. The van der Waals surface area contributed by atoms with Gasteiger partial charge in [-0.3, -0.25) is 14.3 Å². The molecule has 4 rings (SSSR count). The molecule has 0 unspecified atom stereocenters. The number of nitrogens with zero attached hydrogens (tertiary/aromatic N) is 2. The Hall–Kier alpha value is -3.81. The van der Waals surface area contributed by atoms with Crippen LogP contribution in [-0.2, 0) is 11.4 Å². The fraction of sp³-hybridized carbons (Fsp3) is 0.469. The van der Waals surface area contributed by atoms with Crippen molar-refractivity contribution in [2.75, 3.05) is 7.11 Å². The van der Waals surface area contributed by atoms with Crippen molar-refractivity contribution in [1.82, 2.24) is 15.1 Å². The summed E-state index contributed by atoms with van der Waals surface area (Å²) in [6.45, 7) is 6.48.